The van der Waals surface area contributed by atoms with Crippen molar-refractivity contribution in [1.82, 2.24) is 0 Å². The summed E-state index contributed by atoms with van der Waals surface area (Å²) < 4.78 is 0. The highest BCUT2D eigenvalue weighted by Gasteiger charge is 2.18. The molecule has 0 heterocycles. The van der Waals surface area contributed by atoms with Gasteiger partial charge < -0.3 is 16.2 Å². The number of hydrogen-bond donors (Lipinski definition) is 3. The first-order valence-electron chi connectivity index (χ1n) is 5.42. The zero-order valence-corrected chi connectivity index (χ0v) is 10.9. The molecule has 1 aromatic carbocycles. The molecule has 0 aliphatic carbocycles. The van der Waals surface area contributed by atoms with Crippen LogP contribution in [0.15, 0.2) is 18.2 Å². The molecule has 0 saturated heterocycles. The topological polar surface area (TPSA) is 92.4 Å². The minimum atomic E-state index is -1.09. The highest BCUT2D eigenvalue weighted by molar-refractivity contribution is 6.33. The van der Waals surface area contributed by atoms with E-state index in [2.05, 4.69) is 5.32 Å². The summed E-state index contributed by atoms with van der Waals surface area (Å²) in [6, 6.07) is 3.41. The second-order valence-corrected chi connectivity index (χ2v) is 4.67. The number of aromatic carboxylic acids is 1. The molecule has 1 atom stereocenters. The first-order chi connectivity index (χ1) is 8.32. The second kappa shape index (κ2) is 5.84. The lowest BCUT2D eigenvalue weighted by Crippen LogP contribution is -2.39. The molecule has 1 aromatic rings. The number of carbonyl (C=O) groups excluding carboxylic acids is 1. The predicted molar refractivity (Wildman–Crippen MR) is 69.9 cm³/mol. The van der Waals surface area contributed by atoms with Crippen LogP contribution in [-0.2, 0) is 4.79 Å². The molecule has 6 heteroatoms. The van der Waals surface area contributed by atoms with Gasteiger partial charge in [-0.15, -0.1) is 0 Å². The van der Waals surface area contributed by atoms with Crippen molar-refractivity contribution >= 4 is 29.2 Å². The highest BCUT2D eigenvalue weighted by atomic mass is 35.5. The Morgan fingerprint density at radius 2 is 2.00 bits per heavy atom. The molecule has 0 aromatic heterocycles. The number of halogens is 1. The standard InChI is InChI=1S/C12H15ClN2O3/c1-6(2)10(14)11(16)15-9-5-7(12(17)18)3-4-8(9)13/h3-6,10H,14H2,1-2H3,(H,15,16)(H,17,18). The van der Waals surface area contributed by atoms with Gasteiger partial charge in [-0.05, 0) is 24.1 Å². The third-order valence-corrected chi connectivity index (χ3v) is 2.82. The molecule has 0 bridgehead atoms. The Hall–Kier alpha value is -1.59. The Morgan fingerprint density at radius 3 is 2.50 bits per heavy atom. The normalized spacial score (nSPS) is 12.3. The zero-order chi connectivity index (χ0) is 13.9. The number of amides is 1. The van der Waals surface area contributed by atoms with Gasteiger partial charge in [-0.3, -0.25) is 4.79 Å². The summed E-state index contributed by atoms with van der Waals surface area (Å²) >= 11 is 5.88. The van der Waals surface area contributed by atoms with E-state index in [-0.39, 0.29) is 22.2 Å². The van der Waals surface area contributed by atoms with Gasteiger partial charge in [0.2, 0.25) is 5.91 Å². The van der Waals surface area contributed by atoms with Crippen LogP contribution < -0.4 is 11.1 Å². The monoisotopic (exact) mass is 270 g/mol. The molecule has 18 heavy (non-hydrogen) atoms. The molecule has 0 spiro atoms. The summed E-state index contributed by atoms with van der Waals surface area (Å²) in [5.74, 6) is -1.50. The molecule has 1 amide bonds. The average Bonchev–Trinajstić information content (AvgIpc) is 2.30. The van der Waals surface area contributed by atoms with Crippen LogP contribution in [0.25, 0.3) is 0 Å². The van der Waals surface area contributed by atoms with Crippen LogP contribution in [0.3, 0.4) is 0 Å². The first-order valence-corrected chi connectivity index (χ1v) is 5.80. The Kier molecular flexibility index (Phi) is 4.69. The van der Waals surface area contributed by atoms with E-state index >= 15 is 0 Å². The molecule has 1 rings (SSSR count). The highest BCUT2D eigenvalue weighted by Crippen LogP contribution is 2.23. The minimum absolute atomic E-state index is 0.0218. The van der Waals surface area contributed by atoms with Crippen LogP contribution in [0.1, 0.15) is 24.2 Å². The Balaban J connectivity index is 2.93. The Bertz CT molecular complexity index is 474. The van der Waals surface area contributed by atoms with E-state index in [1.807, 2.05) is 13.8 Å². The lowest BCUT2D eigenvalue weighted by Gasteiger charge is -2.16. The number of anilines is 1. The van der Waals surface area contributed by atoms with Crippen molar-refractivity contribution in [1.29, 1.82) is 0 Å². The molecule has 0 fully saturated rings. The van der Waals surface area contributed by atoms with E-state index < -0.39 is 17.9 Å². The Labute approximate surface area is 110 Å². The van der Waals surface area contributed by atoms with Crippen LogP contribution in [0, 0.1) is 5.92 Å². The molecule has 1 unspecified atom stereocenters. The van der Waals surface area contributed by atoms with E-state index in [4.69, 9.17) is 22.4 Å². The molecular formula is C12H15ClN2O3. The fourth-order valence-corrected chi connectivity index (χ4v) is 1.44. The number of carboxylic acids is 1. The smallest absolute Gasteiger partial charge is 0.335 e. The Morgan fingerprint density at radius 1 is 1.39 bits per heavy atom. The van der Waals surface area contributed by atoms with Crippen LogP contribution in [0.5, 0.6) is 0 Å². The van der Waals surface area contributed by atoms with Crippen molar-refractivity contribution < 1.29 is 14.7 Å². The van der Waals surface area contributed by atoms with Crippen molar-refractivity contribution in [3.63, 3.8) is 0 Å². The summed E-state index contributed by atoms with van der Waals surface area (Å²) in [4.78, 5) is 22.6. The predicted octanol–water partition coefficient (Wildman–Crippen LogP) is 1.96. The number of rotatable bonds is 4. The maximum Gasteiger partial charge on any atom is 0.335 e. The lowest BCUT2D eigenvalue weighted by atomic mass is 10.0. The summed E-state index contributed by atoms with van der Waals surface area (Å²) in [5.41, 5.74) is 5.98. The summed E-state index contributed by atoms with van der Waals surface area (Å²) in [6.45, 7) is 3.64. The van der Waals surface area contributed by atoms with Gasteiger partial charge >= 0.3 is 5.97 Å². The first kappa shape index (κ1) is 14.5. The van der Waals surface area contributed by atoms with Gasteiger partial charge in [0.05, 0.1) is 22.3 Å². The number of benzene rings is 1. The summed E-state index contributed by atoms with van der Waals surface area (Å²) in [5, 5.41) is 11.6. The quantitative estimate of drug-likeness (QED) is 0.780. The number of nitrogens with two attached hydrogens (primary N) is 1. The van der Waals surface area contributed by atoms with Crippen molar-refractivity contribution in [3.05, 3.63) is 28.8 Å². The fraction of sp³-hybridized carbons (Fsp3) is 0.333. The molecule has 0 saturated carbocycles. The van der Waals surface area contributed by atoms with Gasteiger partial charge in [0.25, 0.3) is 0 Å². The molecule has 0 radical (unpaired) electrons. The molecule has 4 N–H and O–H groups in total. The third kappa shape index (κ3) is 3.45. The van der Waals surface area contributed by atoms with Crippen LogP contribution >= 0.6 is 11.6 Å². The van der Waals surface area contributed by atoms with E-state index in [1.165, 1.54) is 18.2 Å². The largest absolute Gasteiger partial charge is 0.478 e. The number of nitrogens with one attached hydrogen (secondary N) is 1. The molecule has 0 aliphatic heterocycles. The fourth-order valence-electron chi connectivity index (χ4n) is 1.27. The van der Waals surface area contributed by atoms with Gasteiger partial charge in [0.1, 0.15) is 0 Å². The van der Waals surface area contributed by atoms with Gasteiger partial charge in [-0.25, -0.2) is 4.79 Å². The van der Waals surface area contributed by atoms with E-state index in [1.54, 1.807) is 0 Å². The van der Waals surface area contributed by atoms with Gasteiger partial charge in [0.15, 0.2) is 0 Å². The maximum absolute atomic E-state index is 11.7. The maximum atomic E-state index is 11.7. The third-order valence-electron chi connectivity index (χ3n) is 2.49. The van der Waals surface area contributed by atoms with Gasteiger partial charge in [-0.1, -0.05) is 25.4 Å². The second-order valence-electron chi connectivity index (χ2n) is 4.26. The van der Waals surface area contributed by atoms with E-state index in [0.717, 1.165) is 0 Å². The summed E-state index contributed by atoms with van der Waals surface area (Å²) in [7, 11) is 0. The zero-order valence-electron chi connectivity index (χ0n) is 10.1. The van der Waals surface area contributed by atoms with Crippen molar-refractivity contribution in [2.24, 2.45) is 11.7 Å². The number of carbonyl (C=O) groups is 2. The van der Waals surface area contributed by atoms with E-state index in [0.29, 0.717) is 0 Å². The van der Waals surface area contributed by atoms with Crippen molar-refractivity contribution in [2.75, 3.05) is 5.32 Å². The molecular weight excluding hydrogens is 256 g/mol. The van der Waals surface area contributed by atoms with Gasteiger partial charge in [0, 0.05) is 0 Å². The van der Waals surface area contributed by atoms with Crippen LogP contribution in [0.4, 0.5) is 5.69 Å². The van der Waals surface area contributed by atoms with Crippen LogP contribution in [-0.4, -0.2) is 23.0 Å². The summed E-state index contributed by atoms with van der Waals surface area (Å²) in [6.07, 6.45) is 0. The molecule has 98 valence electrons. The number of carboxylic acid groups (broad SMARTS) is 1. The molecule has 0 aliphatic rings. The van der Waals surface area contributed by atoms with E-state index in [9.17, 15) is 9.59 Å². The van der Waals surface area contributed by atoms with Crippen LogP contribution in [0.2, 0.25) is 5.02 Å². The minimum Gasteiger partial charge on any atom is -0.478 e. The van der Waals surface area contributed by atoms with Gasteiger partial charge in [-0.2, -0.15) is 0 Å². The van der Waals surface area contributed by atoms with Crippen molar-refractivity contribution in [3.8, 4) is 0 Å². The lowest BCUT2D eigenvalue weighted by molar-refractivity contribution is -0.118. The average molecular weight is 271 g/mol. The molecule has 5 nitrogen and oxygen atoms in total. The van der Waals surface area contributed by atoms with Crippen molar-refractivity contribution in [2.45, 2.75) is 19.9 Å². The SMILES string of the molecule is CC(C)C(N)C(=O)Nc1cc(C(=O)O)ccc1Cl. The number of hydrogen-bond acceptors (Lipinski definition) is 3.